The minimum atomic E-state index is -1.73. The number of para-hydroxylation sites is 1. The van der Waals surface area contributed by atoms with Crippen LogP contribution in [-0.4, -0.2) is 32.3 Å². The van der Waals surface area contributed by atoms with Crippen molar-refractivity contribution in [2.24, 2.45) is 0 Å². The molecule has 1 aliphatic heterocycles. The second kappa shape index (κ2) is 5.53. The van der Waals surface area contributed by atoms with Crippen LogP contribution in [0.1, 0.15) is 20.8 Å². The summed E-state index contributed by atoms with van der Waals surface area (Å²) in [6.45, 7) is 9.57. The number of rotatable bonds is 2. The molecule has 0 atom stereocenters. The zero-order valence-corrected chi connectivity index (χ0v) is 16.1. The van der Waals surface area contributed by atoms with Crippen molar-refractivity contribution in [1.82, 2.24) is 0 Å². The molecule has 0 spiro atoms. The molecular weight excluding hydrogens is 301 g/mol. The van der Waals surface area contributed by atoms with Crippen LogP contribution in [0.4, 0.5) is 5.69 Å². The van der Waals surface area contributed by atoms with Gasteiger partial charge in [0.1, 0.15) is 0 Å². The van der Waals surface area contributed by atoms with Crippen LogP contribution in [-0.2, 0) is 0 Å². The Morgan fingerprint density at radius 3 is 2.26 bits per heavy atom. The van der Waals surface area contributed by atoms with E-state index in [4.69, 9.17) is 4.74 Å². The molecule has 1 heterocycles. The van der Waals surface area contributed by atoms with E-state index in [1.807, 2.05) is 0 Å². The van der Waals surface area contributed by atoms with Gasteiger partial charge in [0.05, 0.1) is 0 Å². The fourth-order valence-corrected chi connectivity index (χ4v) is 6.71. The average Bonchev–Trinajstić information content (AvgIpc) is 2.86. The van der Waals surface area contributed by atoms with E-state index in [1.54, 1.807) is 0 Å². The SMILES string of the molecule is CN(C)c1ccccc1-c1cccc2c1[PH](C)(C(C)(C)C)CO2. The van der Waals surface area contributed by atoms with Gasteiger partial charge in [0.2, 0.25) is 0 Å². The first kappa shape index (κ1) is 16.3. The van der Waals surface area contributed by atoms with Crippen LogP contribution < -0.4 is 14.9 Å². The molecule has 0 radical (unpaired) electrons. The summed E-state index contributed by atoms with van der Waals surface area (Å²) in [7, 11) is 2.49. The number of nitrogens with zero attached hydrogens (tertiary/aromatic N) is 1. The molecule has 0 saturated heterocycles. The van der Waals surface area contributed by atoms with Crippen LogP contribution in [0.5, 0.6) is 5.75 Å². The zero-order chi connectivity index (χ0) is 16.8. The molecule has 0 saturated carbocycles. The molecule has 0 N–H and O–H groups in total. The molecule has 2 aromatic carbocycles. The maximum absolute atomic E-state index is 6.15. The number of hydrogen-bond acceptors (Lipinski definition) is 2. The van der Waals surface area contributed by atoms with Crippen molar-refractivity contribution >= 4 is 18.3 Å². The summed E-state index contributed by atoms with van der Waals surface area (Å²) in [5.41, 5.74) is 3.93. The summed E-state index contributed by atoms with van der Waals surface area (Å²) >= 11 is 0. The second-order valence-corrected chi connectivity index (χ2v) is 12.9. The van der Waals surface area contributed by atoms with E-state index in [0.29, 0.717) is 0 Å². The van der Waals surface area contributed by atoms with Crippen LogP contribution in [0.3, 0.4) is 0 Å². The Hall–Kier alpha value is -1.53. The summed E-state index contributed by atoms with van der Waals surface area (Å²) in [4.78, 5) is 2.19. The molecule has 0 unspecified atom stereocenters. The van der Waals surface area contributed by atoms with Crippen molar-refractivity contribution in [1.29, 1.82) is 0 Å². The molecular formula is C20H28NOP. The van der Waals surface area contributed by atoms with Gasteiger partial charge in [-0.3, -0.25) is 0 Å². The third kappa shape index (κ3) is 2.54. The van der Waals surface area contributed by atoms with Gasteiger partial charge in [-0.2, -0.15) is 0 Å². The van der Waals surface area contributed by atoms with Gasteiger partial charge in [0, 0.05) is 0 Å². The number of fused-ring (bicyclic) bond motifs is 1. The van der Waals surface area contributed by atoms with E-state index in [1.165, 1.54) is 22.1 Å². The molecule has 1 aliphatic rings. The van der Waals surface area contributed by atoms with Crippen molar-refractivity contribution in [3.05, 3.63) is 42.5 Å². The average molecular weight is 329 g/mol. The molecule has 2 aromatic rings. The fourth-order valence-electron chi connectivity index (χ4n) is 3.42. The van der Waals surface area contributed by atoms with Gasteiger partial charge in [-0.25, -0.2) is 0 Å². The third-order valence-corrected chi connectivity index (χ3v) is 11.1. The summed E-state index contributed by atoms with van der Waals surface area (Å²) in [6, 6.07) is 15.2. The summed E-state index contributed by atoms with van der Waals surface area (Å²) in [5, 5.41) is 1.75. The number of anilines is 1. The Morgan fingerprint density at radius 1 is 0.957 bits per heavy atom. The van der Waals surface area contributed by atoms with Gasteiger partial charge in [0.25, 0.3) is 0 Å². The maximum atomic E-state index is 6.15. The van der Waals surface area contributed by atoms with E-state index >= 15 is 0 Å². The van der Waals surface area contributed by atoms with Gasteiger partial charge in [-0.1, -0.05) is 0 Å². The van der Waals surface area contributed by atoms with Crippen LogP contribution in [0.15, 0.2) is 42.5 Å². The fraction of sp³-hybridized carbons (Fsp3) is 0.400. The van der Waals surface area contributed by atoms with E-state index in [-0.39, 0.29) is 5.16 Å². The third-order valence-electron chi connectivity index (χ3n) is 5.43. The van der Waals surface area contributed by atoms with Crippen LogP contribution in [0.25, 0.3) is 11.1 Å². The standard InChI is InChI=1S/C20H28NOP/c1-20(2,3)23(6)14-22-18-13-9-11-16(19(18)23)15-10-7-8-12-17(15)21(4)5/h7-13,23H,14H2,1-6H3. The first-order valence-corrected chi connectivity index (χ1v) is 11.0. The molecule has 0 bridgehead atoms. The Labute approximate surface area is 140 Å². The Kier molecular flexibility index (Phi) is 3.92. The van der Waals surface area contributed by atoms with Crippen LogP contribution in [0, 0.1) is 0 Å². The molecule has 2 nitrogen and oxygen atoms in total. The minimum absolute atomic E-state index is 0.265. The molecule has 23 heavy (non-hydrogen) atoms. The van der Waals surface area contributed by atoms with Crippen molar-refractivity contribution in [2.75, 3.05) is 32.0 Å². The first-order valence-electron chi connectivity index (χ1n) is 8.29. The van der Waals surface area contributed by atoms with Crippen molar-refractivity contribution in [3.8, 4) is 16.9 Å². The van der Waals surface area contributed by atoms with Crippen LogP contribution >= 0.6 is 7.26 Å². The number of ether oxygens (including phenoxy) is 1. The zero-order valence-electron chi connectivity index (χ0n) is 15.1. The predicted octanol–water partition coefficient (Wildman–Crippen LogP) is 4.57. The molecule has 124 valence electrons. The quantitative estimate of drug-likeness (QED) is 0.748. The topological polar surface area (TPSA) is 12.5 Å². The van der Waals surface area contributed by atoms with Crippen molar-refractivity contribution in [2.45, 2.75) is 25.9 Å². The monoisotopic (exact) mass is 329 g/mol. The van der Waals surface area contributed by atoms with Gasteiger partial charge in [-0.15, -0.1) is 0 Å². The Balaban J connectivity index is 2.28. The van der Waals surface area contributed by atoms with Crippen molar-refractivity contribution in [3.63, 3.8) is 0 Å². The van der Waals surface area contributed by atoms with Crippen molar-refractivity contribution < 1.29 is 4.74 Å². The summed E-state index contributed by atoms with van der Waals surface area (Å²) in [6.07, 6.45) is 0.882. The Bertz CT molecular complexity index is 733. The normalized spacial score (nSPS) is 17.3. The van der Waals surface area contributed by atoms with E-state index in [0.717, 1.165) is 12.1 Å². The summed E-state index contributed by atoms with van der Waals surface area (Å²) < 4.78 is 6.15. The molecule has 0 amide bonds. The van der Waals surface area contributed by atoms with Gasteiger partial charge < -0.3 is 0 Å². The molecule has 3 rings (SSSR count). The van der Waals surface area contributed by atoms with E-state index in [9.17, 15) is 0 Å². The molecule has 0 aliphatic carbocycles. The van der Waals surface area contributed by atoms with Gasteiger partial charge >= 0.3 is 140 Å². The molecule has 3 heteroatoms. The Morgan fingerprint density at radius 2 is 1.61 bits per heavy atom. The van der Waals surface area contributed by atoms with Gasteiger partial charge in [-0.05, 0) is 0 Å². The van der Waals surface area contributed by atoms with Crippen LogP contribution in [0.2, 0.25) is 0 Å². The molecule has 0 fully saturated rings. The first-order chi connectivity index (χ1) is 10.8. The molecule has 0 aromatic heterocycles. The predicted molar refractivity (Wildman–Crippen MR) is 105 cm³/mol. The van der Waals surface area contributed by atoms with E-state index < -0.39 is 7.26 Å². The number of hydrogen-bond donors (Lipinski definition) is 0. The van der Waals surface area contributed by atoms with Gasteiger partial charge in [0.15, 0.2) is 0 Å². The second-order valence-electron chi connectivity index (χ2n) is 7.96. The van der Waals surface area contributed by atoms with E-state index in [2.05, 4.69) is 88.9 Å². The number of benzene rings is 2. The summed E-state index contributed by atoms with van der Waals surface area (Å²) in [5.74, 6) is 1.10.